The third kappa shape index (κ3) is 2.07. The van der Waals surface area contributed by atoms with Crippen LogP contribution < -0.4 is 5.32 Å². The molecule has 0 spiro atoms. The predicted molar refractivity (Wildman–Crippen MR) is 65.2 cm³/mol. The number of rotatable bonds is 2. The predicted octanol–water partition coefficient (Wildman–Crippen LogP) is 2.96. The molecule has 1 heteroatoms. The fourth-order valence-electron chi connectivity index (χ4n) is 2.49. The highest BCUT2D eigenvalue weighted by molar-refractivity contribution is 5.28. The average Bonchev–Trinajstić information content (AvgIpc) is 2.58. The number of benzene rings is 1. The molecule has 1 heterocycles. The minimum atomic E-state index is 0.397. The molecule has 1 atom stereocenters. The van der Waals surface area contributed by atoms with Crippen LogP contribution in [-0.2, 0) is 6.42 Å². The van der Waals surface area contributed by atoms with Gasteiger partial charge in [-0.05, 0) is 23.0 Å². The lowest BCUT2D eigenvalue weighted by Gasteiger charge is -2.26. The summed E-state index contributed by atoms with van der Waals surface area (Å²) in [5.41, 5.74) is 3.32. The third-order valence-corrected chi connectivity index (χ3v) is 3.66. The van der Waals surface area contributed by atoms with Gasteiger partial charge in [-0.3, -0.25) is 0 Å². The van der Waals surface area contributed by atoms with E-state index in [9.17, 15) is 0 Å². The van der Waals surface area contributed by atoms with Crippen molar-refractivity contribution in [3.63, 3.8) is 0 Å². The Morgan fingerprint density at radius 1 is 1.27 bits per heavy atom. The summed E-state index contributed by atoms with van der Waals surface area (Å²) >= 11 is 0. The summed E-state index contributed by atoms with van der Waals surface area (Å²) in [5, 5.41) is 3.49. The second-order valence-corrected chi connectivity index (χ2v) is 5.27. The largest absolute Gasteiger partial charge is 0.316 e. The molecule has 1 aromatic carbocycles. The van der Waals surface area contributed by atoms with E-state index in [4.69, 9.17) is 0 Å². The Labute approximate surface area is 92.9 Å². The van der Waals surface area contributed by atoms with Gasteiger partial charge in [-0.25, -0.2) is 0 Å². The van der Waals surface area contributed by atoms with E-state index in [2.05, 4.69) is 50.4 Å². The molecule has 1 fully saturated rings. The van der Waals surface area contributed by atoms with Crippen molar-refractivity contribution in [3.8, 4) is 0 Å². The van der Waals surface area contributed by atoms with Crippen molar-refractivity contribution < 1.29 is 0 Å². The van der Waals surface area contributed by atoms with Gasteiger partial charge in [0.15, 0.2) is 0 Å². The molecule has 1 nitrogen and oxygen atoms in total. The Morgan fingerprint density at radius 3 is 2.40 bits per heavy atom. The Hall–Kier alpha value is -0.820. The van der Waals surface area contributed by atoms with Crippen molar-refractivity contribution in [3.05, 3.63) is 35.4 Å². The molecule has 1 saturated heterocycles. The molecule has 1 aliphatic heterocycles. The van der Waals surface area contributed by atoms with E-state index < -0.39 is 0 Å². The number of hydrogen-bond acceptors (Lipinski definition) is 1. The van der Waals surface area contributed by atoms with E-state index in [1.54, 1.807) is 0 Å². The van der Waals surface area contributed by atoms with Crippen LogP contribution in [-0.4, -0.2) is 13.1 Å². The van der Waals surface area contributed by atoms with Gasteiger partial charge in [0.05, 0.1) is 0 Å². The molecule has 0 amide bonds. The summed E-state index contributed by atoms with van der Waals surface area (Å²) < 4.78 is 0. The fraction of sp³-hybridized carbons (Fsp3) is 0.571. The van der Waals surface area contributed by atoms with Crippen molar-refractivity contribution in [2.24, 2.45) is 5.41 Å². The first-order chi connectivity index (χ1) is 7.13. The van der Waals surface area contributed by atoms with Gasteiger partial charge in [-0.15, -0.1) is 0 Å². The van der Waals surface area contributed by atoms with Crippen LogP contribution in [0.25, 0.3) is 0 Å². The van der Waals surface area contributed by atoms with E-state index in [1.807, 2.05) is 0 Å². The van der Waals surface area contributed by atoms with Gasteiger partial charge in [0.1, 0.15) is 0 Å². The van der Waals surface area contributed by atoms with Crippen LogP contribution >= 0.6 is 0 Å². The van der Waals surface area contributed by atoms with Crippen molar-refractivity contribution in [2.75, 3.05) is 13.1 Å². The van der Waals surface area contributed by atoms with Crippen LogP contribution in [0.5, 0.6) is 0 Å². The minimum Gasteiger partial charge on any atom is -0.316 e. The molecule has 2 rings (SSSR count). The zero-order valence-electron chi connectivity index (χ0n) is 10.0. The van der Waals surface area contributed by atoms with Gasteiger partial charge >= 0.3 is 0 Å². The number of nitrogens with one attached hydrogen (secondary N) is 1. The molecule has 1 N–H and O–H groups in total. The Bertz CT molecular complexity index is 324. The first kappa shape index (κ1) is 10.7. The van der Waals surface area contributed by atoms with Crippen LogP contribution in [0.2, 0.25) is 0 Å². The molecular weight excluding hydrogens is 182 g/mol. The SMILES string of the molecule is CCc1ccc([C@@H]2CNCC2(C)C)cc1. The van der Waals surface area contributed by atoms with Crippen molar-refractivity contribution in [2.45, 2.75) is 33.1 Å². The van der Waals surface area contributed by atoms with Gasteiger partial charge in [0, 0.05) is 19.0 Å². The van der Waals surface area contributed by atoms with Crippen molar-refractivity contribution in [1.29, 1.82) is 0 Å². The average molecular weight is 203 g/mol. The summed E-state index contributed by atoms with van der Waals surface area (Å²) in [6.45, 7) is 9.17. The molecule has 1 aromatic rings. The van der Waals surface area contributed by atoms with Crippen molar-refractivity contribution in [1.82, 2.24) is 5.32 Å². The highest BCUT2D eigenvalue weighted by Gasteiger charge is 2.35. The van der Waals surface area contributed by atoms with Gasteiger partial charge in [-0.2, -0.15) is 0 Å². The molecule has 0 aromatic heterocycles. The molecule has 0 saturated carbocycles. The summed E-state index contributed by atoms with van der Waals surface area (Å²) in [7, 11) is 0. The lowest BCUT2D eigenvalue weighted by Crippen LogP contribution is -2.20. The normalized spacial score (nSPS) is 24.3. The quantitative estimate of drug-likeness (QED) is 0.779. The summed E-state index contributed by atoms with van der Waals surface area (Å²) in [4.78, 5) is 0. The zero-order valence-corrected chi connectivity index (χ0v) is 10.0. The molecule has 0 unspecified atom stereocenters. The van der Waals surface area contributed by atoms with Gasteiger partial charge < -0.3 is 5.32 Å². The van der Waals surface area contributed by atoms with Crippen LogP contribution in [0.1, 0.15) is 37.8 Å². The molecule has 0 bridgehead atoms. The van der Waals surface area contributed by atoms with E-state index in [0.29, 0.717) is 11.3 Å². The van der Waals surface area contributed by atoms with Crippen molar-refractivity contribution >= 4 is 0 Å². The van der Waals surface area contributed by atoms with Gasteiger partial charge in [0.2, 0.25) is 0 Å². The van der Waals surface area contributed by atoms with E-state index in [1.165, 1.54) is 11.1 Å². The topological polar surface area (TPSA) is 12.0 Å². The zero-order chi connectivity index (χ0) is 10.9. The minimum absolute atomic E-state index is 0.397. The maximum absolute atomic E-state index is 3.49. The molecule has 15 heavy (non-hydrogen) atoms. The Balaban J connectivity index is 2.22. The van der Waals surface area contributed by atoms with E-state index in [0.717, 1.165) is 19.5 Å². The standard InChI is InChI=1S/C14H21N/c1-4-11-5-7-12(8-6-11)13-9-15-10-14(13,2)3/h5-8,13,15H,4,9-10H2,1-3H3/t13-/m0/s1. The molecule has 82 valence electrons. The van der Waals surface area contributed by atoms with Crippen LogP contribution in [0.15, 0.2) is 24.3 Å². The van der Waals surface area contributed by atoms with Crippen LogP contribution in [0.3, 0.4) is 0 Å². The number of hydrogen-bond donors (Lipinski definition) is 1. The summed E-state index contributed by atoms with van der Waals surface area (Å²) in [6.07, 6.45) is 1.13. The number of aryl methyl sites for hydroxylation is 1. The van der Waals surface area contributed by atoms with E-state index in [-0.39, 0.29) is 0 Å². The second kappa shape index (κ2) is 3.97. The molecule has 1 aliphatic rings. The lowest BCUT2D eigenvalue weighted by molar-refractivity contribution is 0.363. The monoisotopic (exact) mass is 203 g/mol. The maximum atomic E-state index is 3.49. The molecule has 0 radical (unpaired) electrons. The van der Waals surface area contributed by atoms with Gasteiger partial charge in [-0.1, -0.05) is 45.0 Å². The van der Waals surface area contributed by atoms with Crippen LogP contribution in [0, 0.1) is 5.41 Å². The van der Waals surface area contributed by atoms with Gasteiger partial charge in [0.25, 0.3) is 0 Å². The fourth-order valence-corrected chi connectivity index (χ4v) is 2.49. The summed E-state index contributed by atoms with van der Waals surface area (Å²) in [6, 6.07) is 9.14. The highest BCUT2D eigenvalue weighted by Crippen LogP contribution is 2.38. The maximum Gasteiger partial charge on any atom is 0.00267 e. The van der Waals surface area contributed by atoms with Crippen LogP contribution in [0.4, 0.5) is 0 Å². The lowest BCUT2D eigenvalue weighted by atomic mass is 9.78. The second-order valence-electron chi connectivity index (χ2n) is 5.27. The summed E-state index contributed by atoms with van der Waals surface area (Å²) in [5.74, 6) is 0.670. The Kier molecular flexibility index (Phi) is 2.83. The first-order valence-electron chi connectivity index (χ1n) is 5.93. The highest BCUT2D eigenvalue weighted by atomic mass is 14.9. The smallest absolute Gasteiger partial charge is 0.00267 e. The first-order valence-corrected chi connectivity index (χ1v) is 5.93. The van der Waals surface area contributed by atoms with E-state index >= 15 is 0 Å². The molecular formula is C14H21N. The Morgan fingerprint density at radius 2 is 1.93 bits per heavy atom. The third-order valence-electron chi connectivity index (χ3n) is 3.66. The molecule has 0 aliphatic carbocycles.